The van der Waals surface area contributed by atoms with E-state index in [-0.39, 0.29) is 22.8 Å². The molecule has 3 aromatic rings. The second-order valence-electron chi connectivity index (χ2n) is 6.06. The molecule has 31 heavy (non-hydrogen) atoms. The van der Waals surface area contributed by atoms with Crippen LogP contribution in [0.15, 0.2) is 47.6 Å². The summed E-state index contributed by atoms with van der Waals surface area (Å²) < 4.78 is 12.9. The summed E-state index contributed by atoms with van der Waals surface area (Å²) in [4.78, 5) is 37.6. The maximum Gasteiger partial charge on any atom is 0.336 e. The lowest BCUT2D eigenvalue weighted by Crippen LogP contribution is -2.15. The Morgan fingerprint density at radius 1 is 1.23 bits per heavy atom. The van der Waals surface area contributed by atoms with Crippen LogP contribution in [0, 0.1) is 15.9 Å². The van der Waals surface area contributed by atoms with Gasteiger partial charge in [-0.3, -0.25) is 20.0 Å². The zero-order chi connectivity index (χ0) is 22.4. The lowest BCUT2D eigenvalue weighted by atomic mass is 10.1. The molecule has 0 spiro atoms. The fourth-order valence-corrected chi connectivity index (χ4v) is 2.99. The molecule has 0 aliphatic rings. The standard InChI is InChI=1S/C19H14FN5O5S/c20-13-4-1-11(2-5-13)3-6-16-22-19(24-23-16)31-10-17(26)21-14-7-12(18(27)28)8-15(9-14)25(29)30/h1-9H,10H2,(H,21,26)(H,27,28)(H,22,23,24). The summed E-state index contributed by atoms with van der Waals surface area (Å²) in [6.45, 7) is 0. The van der Waals surface area contributed by atoms with Crippen LogP contribution in [-0.2, 0) is 4.79 Å². The smallest absolute Gasteiger partial charge is 0.336 e. The molecule has 10 nitrogen and oxygen atoms in total. The van der Waals surface area contributed by atoms with Gasteiger partial charge in [0.2, 0.25) is 11.1 Å². The van der Waals surface area contributed by atoms with Crippen LogP contribution in [0.4, 0.5) is 15.8 Å². The molecule has 0 aliphatic carbocycles. The molecule has 12 heteroatoms. The number of rotatable bonds is 8. The molecule has 1 aromatic heterocycles. The molecule has 1 heterocycles. The van der Waals surface area contributed by atoms with Gasteiger partial charge in [0.25, 0.3) is 5.69 Å². The Bertz CT molecular complexity index is 1130. The highest BCUT2D eigenvalue weighted by atomic mass is 32.2. The molecule has 0 atom stereocenters. The first-order chi connectivity index (χ1) is 14.8. The number of carboxylic acid groups (broad SMARTS) is 1. The normalized spacial score (nSPS) is 10.9. The van der Waals surface area contributed by atoms with Crippen molar-refractivity contribution >= 4 is 47.2 Å². The van der Waals surface area contributed by atoms with Crippen molar-refractivity contribution in [1.29, 1.82) is 0 Å². The van der Waals surface area contributed by atoms with Gasteiger partial charge in [-0.25, -0.2) is 14.2 Å². The topological polar surface area (TPSA) is 151 Å². The van der Waals surface area contributed by atoms with E-state index in [9.17, 15) is 24.1 Å². The van der Waals surface area contributed by atoms with E-state index in [1.807, 2.05) is 0 Å². The zero-order valence-corrected chi connectivity index (χ0v) is 16.4. The van der Waals surface area contributed by atoms with Crippen LogP contribution in [0.3, 0.4) is 0 Å². The second kappa shape index (κ2) is 9.63. The van der Waals surface area contributed by atoms with Crippen LogP contribution in [0.1, 0.15) is 21.7 Å². The number of aromatic nitrogens is 3. The van der Waals surface area contributed by atoms with Gasteiger partial charge in [0.1, 0.15) is 11.6 Å². The number of nitro groups is 1. The summed E-state index contributed by atoms with van der Waals surface area (Å²) in [5, 5.41) is 29.4. The first-order valence-corrected chi connectivity index (χ1v) is 9.60. The molecule has 0 saturated heterocycles. The third-order valence-electron chi connectivity index (χ3n) is 3.78. The number of anilines is 1. The van der Waals surface area contributed by atoms with Gasteiger partial charge in [0.05, 0.1) is 16.2 Å². The van der Waals surface area contributed by atoms with Gasteiger partial charge in [-0.1, -0.05) is 30.0 Å². The molecule has 1 amide bonds. The van der Waals surface area contributed by atoms with Crippen LogP contribution >= 0.6 is 11.8 Å². The predicted molar refractivity (Wildman–Crippen MR) is 111 cm³/mol. The molecular formula is C19H14FN5O5S. The predicted octanol–water partition coefficient (Wildman–Crippen LogP) is 3.45. The Labute approximate surface area is 178 Å². The number of aromatic amines is 1. The number of aromatic carboxylic acids is 1. The summed E-state index contributed by atoms with van der Waals surface area (Å²) >= 11 is 1.01. The van der Waals surface area contributed by atoms with E-state index < -0.39 is 22.5 Å². The molecule has 2 aromatic carbocycles. The Morgan fingerprint density at radius 3 is 2.65 bits per heavy atom. The highest BCUT2D eigenvalue weighted by molar-refractivity contribution is 7.99. The summed E-state index contributed by atoms with van der Waals surface area (Å²) in [6, 6.07) is 8.98. The van der Waals surface area contributed by atoms with Crippen LogP contribution in [0.5, 0.6) is 0 Å². The lowest BCUT2D eigenvalue weighted by Gasteiger charge is -2.05. The molecule has 3 N–H and O–H groups in total. The van der Waals surface area contributed by atoms with Gasteiger partial charge in [-0.2, -0.15) is 0 Å². The quantitative estimate of drug-likeness (QED) is 0.272. The third kappa shape index (κ3) is 6.21. The number of halogens is 1. The van der Waals surface area contributed by atoms with E-state index >= 15 is 0 Å². The number of nitrogens with one attached hydrogen (secondary N) is 2. The molecular weight excluding hydrogens is 429 g/mol. The Kier molecular flexibility index (Phi) is 6.72. The molecule has 0 radical (unpaired) electrons. The number of carboxylic acids is 1. The molecule has 0 fully saturated rings. The first-order valence-electron chi connectivity index (χ1n) is 8.61. The minimum absolute atomic E-state index is 0.00453. The molecule has 158 valence electrons. The van der Waals surface area contributed by atoms with E-state index in [2.05, 4.69) is 20.5 Å². The van der Waals surface area contributed by atoms with Gasteiger partial charge < -0.3 is 10.4 Å². The largest absolute Gasteiger partial charge is 0.478 e. The number of carbonyl (C=O) groups excluding carboxylic acids is 1. The van der Waals surface area contributed by atoms with Gasteiger partial charge in [-0.15, -0.1) is 5.10 Å². The van der Waals surface area contributed by atoms with Crippen molar-refractivity contribution in [3.63, 3.8) is 0 Å². The van der Waals surface area contributed by atoms with Crippen molar-refractivity contribution in [3.05, 3.63) is 75.3 Å². The van der Waals surface area contributed by atoms with E-state index in [4.69, 9.17) is 5.11 Å². The molecule has 0 saturated carbocycles. The summed E-state index contributed by atoms with van der Waals surface area (Å²) in [6.07, 6.45) is 3.35. The summed E-state index contributed by atoms with van der Waals surface area (Å²) in [5.41, 5.74) is -0.00252. The number of amides is 1. The van der Waals surface area contributed by atoms with Crippen molar-refractivity contribution in [2.75, 3.05) is 11.1 Å². The fourth-order valence-electron chi connectivity index (χ4n) is 2.39. The average molecular weight is 443 g/mol. The van der Waals surface area contributed by atoms with E-state index in [0.29, 0.717) is 11.0 Å². The van der Waals surface area contributed by atoms with Crippen LogP contribution < -0.4 is 5.32 Å². The van der Waals surface area contributed by atoms with Crippen molar-refractivity contribution in [3.8, 4) is 0 Å². The molecule has 0 unspecified atom stereocenters. The summed E-state index contributed by atoms with van der Waals surface area (Å²) in [5.74, 6) is -1.88. The number of nitrogens with zero attached hydrogens (tertiary/aromatic N) is 3. The number of hydrogen-bond acceptors (Lipinski definition) is 7. The lowest BCUT2D eigenvalue weighted by molar-refractivity contribution is -0.384. The Hall–Kier alpha value is -4.06. The van der Waals surface area contributed by atoms with Gasteiger partial charge >= 0.3 is 5.97 Å². The number of thioether (sulfide) groups is 1. The number of carbonyl (C=O) groups is 2. The number of benzene rings is 2. The minimum Gasteiger partial charge on any atom is -0.478 e. The maximum absolute atomic E-state index is 12.9. The fraction of sp³-hybridized carbons (Fsp3) is 0.0526. The van der Waals surface area contributed by atoms with E-state index in [1.165, 1.54) is 12.1 Å². The minimum atomic E-state index is -1.35. The first kappa shape index (κ1) is 21.6. The van der Waals surface area contributed by atoms with Crippen LogP contribution in [-0.4, -0.2) is 42.8 Å². The third-order valence-corrected chi connectivity index (χ3v) is 4.62. The summed E-state index contributed by atoms with van der Waals surface area (Å²) in [7, 11) is 0. The highest BCUT2D eigenvalue weighted by Gasteiger charge is 2.15. The van der Waals surface area contributed by atoms with E-state index in [0.717, 1.165) is 35.5 Å². The Morgan fingerprint density at radius 2 is 1.97 bits per heavy atom. The van der Waals surface area contributed by atoms with Crippen molar-refractivity contribution in [2.24, 2.45) is 0 Å². The molecule has 0 aliphatic heterocycles. The second-order valence-corrected chi connectivity index (χ2v) is 7.00. The van der Waals surface area contributed by atoms with Gasteiger partial charge in [0.15, 0.2) is 0 Å². The van der Waals surface area contributed by atoms with E-state index in [1.54, 1.807) is 24.3 Å². The van der Waals surface area contributed by atoms with Crippen molar-refractivity contribution in [1.82, 2.24) is 15.2 Å². The van der Waals surface area contributed by atoms with Gasteiger partial charge in [0, 0.05) is 17.8 Å². The highest BCUT2D eigenvalue weighted by Crippen LogP contribution is 2.22. The van der Waals surface area contributed by atoms with Crippen LogP contribution in [0.25, 0.3) is 12.2 Å². The SMILES string of the molecule is O=C(CSc1n[nH]c(C=Cc2ccc(F)cc2)n1)Nc1cc(C(=O)O)cc([N+](=O)[O-])c1. The van der Waals surface area contributed by atoms with Gasteiger partial charge in [-0.05, 0) is 29.8 Å². The molecule has 3 rings (SSSR count). The van der Waals surface area contributed by atoms with Crippen LogP contribution in [0.2, 0.25) is 0 Å². The number of hydrogen-bond donors (Lipinski definition) is 3. The maximum atomic E-state index is 12.9. The van der Waals surface area contributed by atoms with Crippen molar-refractivity contribution in [2.45, 2.75) is 5.16 Å². The Balaban J connectivity index is 1.58. The monoisotopic (exact) mass is 443 g/mol. The molecule has 0 bridgehead atoms. The zero-order valence-electron chi connectivity index (χ0n) is 15.6. The number of non-ortho nitro benzene ring substituents is 1. The van der Waals surface area contributed by atoms with Crippen molar-refractivity contribution < 1.29 is 24.0 Å². The average Bonchev–Trinajstić information content (AvgIpc) is 3.19. The number of nitro benzene ring substituents is 1. The number of H-pyrrole nitrogens is 1.